The van der Waals surface area contributed by atoms with Crippen molar-refractivity contribution >= 4 is 15.9 Å². The van der Waals surface area contributed by atoms with Crippen molar-refractivity contribution in [3.63, 3.8) is 0 Å². The van der Waals surface area contributed by atoms with Crippen LogP contribution in [0.25, 0.3) is 0 Å². The summed E-state index contributed by atoms with van der Waals surface area (Å²) in [5.74, 6) is -0.172. The zero-order chi connectivity index (χ0) is 14.0. The van der Waals surface area contributed by atoms with Gasteiger partial charge in [0.05, 0.1) is 6.04 Å². The molecule has 7 heteroatoms. The van der Waals surface area contributed by atoms with Crippen LogP contribution in [-0.4, -0.2) is 36.0 Å². The van der Waals surface area contributed by atoms with Gasteiger partial charge in [-0.05, 0) is 18.1 Å². The molecule has 0 radical (unpaired) electrons. The van der Waals surface area contributed by atoms with E-state index >= 15 is 0 Å². The van der Waals surface area contributed by atoms with E-state index in [2.05, 4.69) is 4.98 Å². The Morgan fingerprint density at radius 3 is 2.79 bits per heavy atom. The standard InChI is InChI=1S/C12H17N3O3S/c1-2-11(9-4-3-5-14-7-9)15-8-10(6-12(15)16)19(13,17)18/h3-5,7,10-11H,2,6,8H2,1H3,(H2,13,17,18). The van der Waals surface area contributed by atoms with Crippen LogP contribution in [0.1, 0.15) is 31.4 Å². The quantitative estimate of drug-likeness (QED) is 0.866. The average Bonchev–Trinajstić information content (AvgIpc) is 2.74. The molecule has 0 aliphatic carbocycles. The molecule has 2 atom stereocenters. The number of amides is 1. The minimum atomic E-state index is -3.67. The van der Waals surface area contributed by atoms with Crippen LogP contribution in [0.15, 0.2) is 24.5 Å². The number of aromatic nitrogens is 1. The number of carbonyl (C=O) groups is 1. The van der Waals surface area contributed by atoms with Crippen molar-refractivity contribution < 1.29 is 13.2 Å². The van der Waals surface area contributed by atoms with E-state index in [1.807, 2.05) is 13.0 Å². The molecule has 2 rings (SSSR count). The first-order chi connectivity index (χ1) is 8.93. The van der Waals surface area contributed by atoms with Gasteiger partial charge in [-0.15, -0.1) is 0 Å². The van der Waals surface area contributed by atoms with Crippen molar-refractivity contribution in [1.29, 1.82) is 0 Å². The van der Waals surface area contributed by atoms with Gasteiger partial charge in [0, 0.05) is 25.4 Å². The average molecular weight is 283 g/mol. The van der Waals surface area contributed by atoms with Gasteiger partial charge in [-0.2, -0.15) is 0 Å². The lowest BCUT2D eigenvalue weighted by atomic mass is 10.1. The highest BCUT2D eigenvalue weighted by Crippen LogP contribution is 2.29. The van der Waals surface area contributed by atoms with Crippen LogP contribution in [-0.2, 0) is 14.8 Å². The molecule has 1 aromatic rings. The van der Waals surface area contributed by atoms with Gasteiger partial charge in [0.1, 0.15) is 5.25 Å². The first-order valence-corrected chi connectivity index (χ1v) is 7.75. The third kappa shape index (κ3) is 2.93. The maximum atomic E-state index is 12.0. The monoisotopic (exact) mass is 283 g/mol. The summed E-state index contributed by atoms with van der Waals surface area (Å²) in [5.41, 5.74) is 0.911. The number of hydrogen-bond acceptors (Lipinski definition) is 4. The number of primary sulfonamides is 1. The lowest BCUT2D eigenvalue weighted by Crippen LogP contribution is -2.34. The molecular weight excluding hydrogens is 266 g/mol. The minimum absolute atomic E-state index is 0.0321. The highest BCUT2D eigenvalue weighted by molar-refractivity contribution is 7.89. The lowest BCUT2D eigenvalue weighted by Gasteiger charge is -2.27. The number of nitrogens with zero attached hydrogens (tertiary/aromatic N) is 2. The molecule has 0 spiro atoms. The molecule has 1 saturated heterocycles. The molecule has 1 amide bonds. The molecule has 0 aromatic carbocycles. The summed E-state index contributed by atoms with van der Waals surface area (Å²) in [7, 11) is -3.67. The number of likely N-dealkylation sites (tertiary alicyclic amines) is 1. The van der Waals surface area contributed by atoms with E-state index in [4.69, 9.17) is 5.14 Å². The topological polar surface area (TPSA) is 93.4 Å². The summed E-state index contributed by atoms with van der Waals surface area (Å²) in [5, 5.41) is 4.33. The second-order valence-electron chi connectivity index (χ2n) is 4.67. The van der Waals surface area contributed by atoms with Gasteiger partial charge in [-0.25, -0.2) is 13.6 Å². The number of pyridine rings is 1. The highest BCUT2D eigenvalue weighted by Gasteiger charge is 2.39. The predicted molar refractivity (Wildman–Crippen MR) is 70.5 cm³/mol. The third-order valence-electron chi connectivity index (χ3n) is 3.42. The SMILES string of the molecule is CCC(c1cccnc1)N1CC(S(N)(=O)=O)CC1=O. The number of carbonyl (C=O) groups excluding carboxylic acids is 1. The van der Waals surface area contributed by atoms with Crippen molar-refractivity contribution in [2.45, 2.75) is 31.1 Å². The Labute approximate surface area is 112 Å². The van der Waals surface area contributed by atoms with Gasteiger partial charge in [-0.1, -0.05) is 13.0 Å². The Bertz CT molecular complexity index is 559. The van der Waals surface area contributed by atoms with E-state index in [1.54, 1.807) is 23.4 Å². The Kier molecular flexibility index (Phi) is 3.86. The molecule has 2 unspecified atom stereocenters. The molecular formula is C12H17N3O3S. The van der Waals surface area contributed by atoms with Crippen LogP contribution >= 0.6 is 0 Å². The molecule has 0 bridgehead atoms. The molecule has 1 aliphatic rings. The highest BCUT2D eigenvalue weighted by atomic mass is 32.2. The zero-order valence-electron chi connectivity index (χ0n) is 10.7. The van der Waals surface area contributed by atoms with E-state index in [9.17, 15) is 13.2 Å². The van der Waals surface area contributed by atoms with Gasteiger partial charge in [-0.3, -0.25) is 9.78 Å². The van der Waals surface area contributed by atoms with E-state index in [0.29, 0.717) is 6.42 Å². The van der Waals surface area contributed by atoms with E-state index in [1.165, 1.54) is 0 Å². The van der Waals surface area contributed by atoms with E-state index < -0.39 is 15.3 Å². The fourth-order valence-electron chi connectivity index (χ4n) is 2.43. The maximum absolute atomic E-state index is 12.0. The van der Waals surface area contributed by atoms with Crippen LogP contribution in [0.4, 0.5) is 0 Å². The van der Waals surface area contributed by atoms with Gasteiger partial charge < -0.3 is 4.90 Å². The molecule has 1 aromatic heterocycles. The summed E-state index contributed by atoms with van der Waals surface area (Å²) in [6.07, 6.45) is 4.03. The summed E-state index contributed by atoms with van der Waals surface area (Å²) < 4.78 is 22.7. The van der Waals surface area contributed by atoms with Gasteiger partial charge in [0.2, 0.25) is 15.9 Å². The Morgan fingerprint density at radius 2 is 2.32 bits per heavy atom. The van der Waals surface area contributed by atoms with Crippen molar-refractivity contribution in [3.05, 3.63) is 30.1 Å². The second-order valence-corrected chi connectivity index (χ2v) is 6.52. The number of hydrogen-bond donors (Lipinski definition) is 1. The van der Waals surface area contributed by atoms with Crippen LogP contribution < -0.4 is 5.14 Å². The maximum Gasteiger partial charge on any atom is 0.224 e. The van der Waals surface area contributed by atoms with Crippen molar-refractivity contribution in [3.8, 4) is 0 Å². The van der Waals surface area contributed by atoms with Gasteiger partial charge in [0.25, 0.3) is 0 Å². The van der Waals surface area contributed by atoms with Crippen LogP contribution in [0.5, 0.6) is 0 Å². The van der Waals surface area contributed by atoms with Crippen LogP contribution in [0.2, 0.25) is 0 Å². The first kappa shape index (κ1) is 14.0. The zero-order valence-corrected chi connectivity index (χ0v) is 11.5. The smallest absolute Gasteiger partial charge is 0.224 e. The largest absolute Gasteiger partial charge is 0.334 e. The van der Waals surface area contributed by atoms with Crippen LogP contribution in [0, 0.1) is 0 Å². The summed E-state index contributed by atoms with van der Waals surface area (Å²) in [6.45, 7) is 2.11. The molecule has 19 heavy (non-hydrogen) atoms. The minimum Gasteiger partial charge on any atom is -0.334 e. The summed E-state index contributed by atoms with van der Waals surface area (Å²) in [4.78, 5) is 17.6. The summed E-state index contributed by atoms with van der Waals surface area (Å²) in [6, 6.07) is 3.54. The van der Waals surface area contributed by atoms with Crippen molar-refractivity contribution in [1.82, 2.24) is 9.88 Å². The molecule has 1 aliphatic heterocycles. The molecule has 6 nitrogen and oxygen atoms in total. The number of sulfonamides is 1. The number of rotatable bonds is 4. The van der Waals surface area contributed by atoms with Crippen molar-refractivity contribution in [2.24, 2.45) is 5.14 Å². The Morgan fingerprint density at radius 1 is 1.58 bits per heavy atom. The number of nitrogens with two attached hydrogens (primary N) is 1. The van der Waals surface area contributed by atoms with Crippen molar-refractivity contribution in [2.75, 3.05) is 6.54 Å². The normalized spacial score (nSPS) is 21.7. The molecule has 1 fully saturated rings. The first-order valence-electron chi connectivity index (χ1n) is 6.14. The molecule has 2 heterocycles. The van der Waals surface area contributed by atoms with E-state index in [0.717, 1.165) is 5.56 Å². The molecule has 104 valence electrons. The van der Waals surface area contributed by atoms with Gasteiger partial charge >= 0.3 is 0 Å². The van der Waals surface area contributed by atoms with Gasteiger partial charge in [0.15, 0.2) is 0 Å². The molecule has 2 N–H and O–H groups in total. The lowest BCUT2D eigenvalue weighted by molar-refractivity contribution is -0.129. The summed E-state index contributed by atoms with van der Waals surface area (Å²) >= 11 is 0. The van der Waals surface area contributed by atoms with Crippen LogP contribution in [0.3, 0.4) is 0 Å². The van der Waals surface area contributed by atoms with E-state index in [-0.39, 0.29) is 24.9 Å². The third-order valence-corrected chi connectivity index (χ3v) is 4.66. The second kappa shape index (κ2) is 5.26. The fraction of sp³-hybridized carbons (Fsp3) is 0.500. The Balaban J connectivity index is 2.24. The predicted octanol–water partition coefficient (Wildman–Crippen LogP) is 0.422. The molecule has 0 saturated carbocycles. The fourth-order valence-corrected chi connectivity index (χ4v) is 3.17. The Hall–Kier alpha value is -1.47.